The maximum Gasteiger partial charge on any atom is 0.315 e. The lowest BCUT2D eigenvalue weighted by Crippen LogP contribution is -2.38. The Labute approximate surface area is 243 Å². The molecule has 9 heteroatoms. The minimum Gasteiger partial charge on any atom is -0.493 e. The summed E-state index contributed by atoms with van der Waals surface area (Å²) >= 11 is 3.60. The van der Waals surface area contributed by atoms with Crippen molar-refractivity contribution in [1.29, 1.82) is 0 Å². The van der Waals surface area contributed by atoms with Gasteiger partial charge in [-0.1, -0.05) is 13.0 Å². The Kier molecular flexibility index (Phi) is 9.56. The second-order valence-corrected chi connectivity index (χ2v) is 10.7. The van der Waals surface area contributed by atoms with E-state index in [9.17, 15) is 9.59 Å². The van der Waals surface area contributed by atoms with Gasteiger partial charge >= 0.3 is 5.97 Å². The molecule has 1 heterocycles. The normalized spacial score (nSPS) is 20.4. The maximum absolute atomic E-state index is 14.0. The topological polar surface area (TPSA) is 92.7 Å². The molecule has 1 aliphatic carbocycles. The van der Waals surface area contributed by atoms with Crippen LogP contribution in [-0.2, 0) is 14.3 Å². The maximum atomic E-state index is 14.0. The van der Waals surface area contributed by atoms with Gasteiger partial charge in [0.1, 0.15) is 5.92 Å². The zero-order valence-electron chi connectivity index (χ0n) is 23.8. The van der Waals surface area contributed by atoms with Gasteiger partial charge in [-0.05, 0) is 83.9 Å². The van der Waals surface area contributed by atoms with Crippen molar-refractivity contribution >= 4 is 33.4 Å². The van der Waals surface area contributed by atoms with Crippen LogP contribution in [0.1, 0.15) is 63.0 Å². The van der Waals surface area contributed by atoms with Crippen molar-refractivity contribution in [3.63, 3.8) is 0 Å². The molecule has 2 aliphatic rings. The van der Waals surface area contributed by atoms with E-state index < -0.39 is 11.8 Å². The predicted octanol–water partition coefficient (Wildman–Crippen LogP) is 6.40. The van der Waals surface area contributed by atoms with Crippen LogP contribution < -0.4 is 18.9 Å². The summed E-state index contributed by atoms with van der Waals surface area (Å²) in [7, 11) is 4.76. The van der Waals surface area contributed by atoms with E-state index in [-0.39, 0.29) is 24.1 Å². The molecule has 214 valence electrons. The van der Waals surface area contributed by atoms with Crippen LogP contribution in [0.3, 0.4) is 0 Å². The smallest absolute Gasteiger partial charge is 0.315 e. The molecule has 1 unspecified atom stereocenters. The van der Waals surface area contributed by atoms with Crippen molar-refractivity contribution in [3.05, 3.63) is 57.2 Å². The second-order valence-electron chi connectivity index (χ2n) is 9.85. The predicted molar refractivity (Wildman–Crippen MR) is 156 cm³/mol. The summed E-state index contributed by atoms with van der Waals surface area (Å²) in [5.74, 6) is 0.493. The van der Waals surface area contributed by atoms with E-state index in [2.05, 4.69) is 15.9 Å². The Bertz CT molecular complexity index is 1350. The number of carbonyl (C=O) groups is 2. The number of Topliss-reactive ketones (excluding diaryl/α,β-unsaturated/α-hetero) is 1. The molecule has 2 aromatic carbocycles. The second kappa shape index (κ2) is 12.9. The lowest BCUT2D eigenvalue weighted by molar-refractivity contribution is -0.146. The summed E-state index contributed by atoms with van der Waals surface area (Å²) in [6.45, 7) is 6.40. The zero-order chi connectivity index (χ0) is 29.0. The number of rotatable bonds is 10. The van der Waals surface area contributed by atoms with Gasteiger partial charge in [-0.2, -0.15) is 0 Å². The van der Waals surface area contributed by atoms with Crippen molar-refractivity contribution < 1.29 is 33.3 Å². The average molecular weight is 615 g/mol. The first kappa shape index (κ1) is 29.6. The lowest BCUT2D eigenvalue weighted by Gasteiger charge is -2.37. The van der Waals surface area contributed by atoms with E-state index in [1.54, 1.807) is 21.3 Å². The molecule has 1 aliphatic heterocycles. The molecule has 0 radical (unpaired) electrons. The van der Waals surface area contributed by atoms with Crippen LogP contribution in [0.15, 0.2) is 51.1 Å². The quantitative estimate of drug-likeness (QED) is 0.286. The Hall–Kier alpha value is -3.33. The fraction of sp³-hybridized carbons (Fsp3) is 0.452. The van der Waals surface area contributed by atoms with Crippen LogP contribution in [0.2, 0.25) is 0 Å². The lowest BCUT2D eigenvalue weighted by atomic mass is 9.69. The number of benzene rings is 2. The summed E-state index contributed by atoms with van der Waals surface area (Å²) in [4.78, 5) is 32.3. The molecule has 0 saturated carbocycles. The number of methoxy groups -OCH3 is 3. The highest BCUT2D eigenvalue weighted by atomic mass is 79.9. The minimum atomic E-state index is -0.735. The van der Waals surface area contributed by atoms with Gasteiger partial charge in [0, 0.05) is 29.3 Å². The van der Waals surface area contributed by atoms with Gasteiger partial charge in [0.2, 0.25) is 0 Å². The number of hydrogen-bond acceptors (Lipinski definition) is 8. The number of nitrogens with zero attached hydrogens (tertiary/aromatic N) is 1. The number of halogens is 1. The van der Waals surface area contributed by atoms with Crippen molar-refractivity contribution in [2.45, 2.75) is 51.9 Å². The zero-order valence-corrected chi connectivity index (χ0v) is 25.4. The Balaban J connectivity index is 1.83. The van der Waals surface area contributed by atoms with E-state index >= 15 is 0 Å². The summed E-state index contributed by atoms with van der Waals surface area (Å²) in [6, 6.07) is 9.48. The van der Waals surface area contributed by atoms with E-state index in [4.69, 9.17) is 28.7 Å². The molecule has 0 amide bonds. The number of hydrogen-bond donors (Lipinski definition) is 0. The summed E-state index contributed by atoms with van der Waals surface area (Å²) in [6.07, 6.45) is 1.53. The van der Waals surface area contributed by atoms with Crippen LogP contribution in [0.25, 0.3) is 0 Å². The third kappa shape index (κ3) is 5.75. The van der Waals surface area contributed by atoms with E-state index in [0.29, 0.717) is 70.5 Å². The first-order valence-corrected chi connectivity index (χ1v) is 14.3. The van der Waals surface area contributed by atoms with E-state index in [1.165, 1.54) is 0 Å². The van der Waals surface area contributed by atoms with Gasteiger partial charge in [0.15, 0.2) is 28.8 Å². The van der Waals surface area contributed by atoms with Gasteiger partial charge in [0.05, 0.1) is 39.0 Å². The molecule has 0 spiro atoms. The molecule has 2 aromatic rings. The molecule has 0 N–H and O–H groups in total. The molecule has 4 rings (SSSR count). The number of aliphatic imine (C=N–C) groups is 1. The Morgan fingerprint density at radius 1 is 0.975 bits per heavy atom. The minimum absolute atomic E-state index is 0.0412. The van der Waals surface area contributed by atoms with Crippen molar-refractivity contribution in [2.24, 2.45) is 10.9 Å². The van der Waals surface area contributed by atoms with Crippen LogP contribution in [-0.4, -0.2) is 52.0 Å². The third-order valence-corrected chi connectivity index (χ3v) is 7.95. The first-order valence-electron chi connectivity index (χ1n) is 13.5. The van der Waals surface area contributed by atoms with Crippen LogP contribution >= 0.6 is 15.9 Å². The number of esters is 1. The molecular formula is C31H36BrNO7. The van der Waals surface area contributed by atoms with Gasteiger partial charge in [0.25, 0.3) is 0 Å². The third-order valence-electron chi connectivity index (χ3n) is 7.36. The van der Waals surface area contributed by atoms with Crippen molar-refractivity contribution in [3.8, 4) is 23.0 Å². The number of carbonyl (C=O) groups excluding carboxylic acids is 2. The van der Waals surface area contributed by atoms with Crippen LogP contribution in [0, 0.1) is 5.92 Å². The summed E-state index contributed by atoms with van der Waals surface area (Å²) in [5, 5.41) is 0. The highest BCUT2D eigenvalue weighted by Crippen LogP contribution is 2.49. The monoisotopic (exact) mass is 613 g/mol. The molecular weight excluding hydrogens is 578 g/mol. The Morgan fingerprint density at radius 2 is 1.70 bits per heavy atom. The molecule has 0 saturated heterocycles. The van der Waals surface area contributed by atoms with Crippen molar-refractivity contribution in [1.82, 2.24) is 0 Å². The molecule has 0 bridgehead atoms. The van der Waals surface area contributed by atoms with Crippen LogP contribution in [0.5, 0.6) is 23.0 Å². The molecule has 0 aromatic heterocycles. The number of allylic oxidation sites excluding steroid dienone is 2. The molecule has 0 fully saturated rings. The number of ether oxygens (including phenoxy) is 5. The van der Waals surface area contributed by atoms with Gasteiger partial charge < -0.3 is 23.7 Å². The largest absolute Gasteiger partial charge is 0.493 e. The summed E-state index contributed by atoms with van der Waals surface area (Å²) in [5.41, 5.74) is 3.60. The highest BCUT2D eigenvalue weighted by molar-refractivity contribution is 9.10. The van der Waals surface area contributed by atoms with E-state index in [1.807, 2.05) is 51.1 Å². The van der Waals surface area contributed by atoms with Gasteiger partial charge in [-0.25, -0.2) is 0 Å². The van der Waals surface area contributed by atoms with Gasteiger partial charge in [-0.3, -0.25) is 14.6 Å². The molecule has 40 heavy (non-hydrogen) atoms. The first-order chi connectivity index (χ1) is 19.3. The van der Waals surface area contributed by atoms with Gasteiger partial charge in [-0.15, -0.1) is 0 Å². The summed E-state index contributed by atoms with van der Waals surface area (Å²) < 4.78 is 28.6. The van der Waals surface area contributed by atoms with Crippen molar-refractivity contribution in [2.75, 3.05) is 34.5 Å². The molecule has 3 atom stereocenters. The number of ketones is 1. The highest BCUT2D eigenvalue weighted by Gasteiger charge is 2.45. The SMILES string of the molecule is CCCOC(=O)C1C(C)=NC2=C(C(=O)C[C@@H](c3ccc(OC)c(OC)c3)C2)[C@H]1c1cc(Br)c(OC)c(OCC)c1. The Morgan fingerprint density at radius 3 is 2.35 bits per heavy atom. The fourth-order valence-corrected chi connectivity index (χ4v) is 6.21. The average Bonchev–Trinajstić information content (AvgIpc) is 2.94. The van der Waals surface area contributed by atoms with Crippen LogP contribution in [0.4, 0.5) is 0 Å². The fourth-order valence-electron chi connectivity index (χ4n) is 5.59. The standard InChI is InChI=1S/C31H36BrNO7/c1-7-11-40-31(35)27-17(3)33-22-13-19(18-9-10-24(36-4)25(15-18)37-5)14-23(34)29(22)28(27)20-12-21(32)30(38-6)26(16-20)39-8-2/h9-10,12,15-16,19,27-28H,7-8,11,13-14H2,1-6H3/t19-,27?,28-/m0/s1. The molecule has 8 nitrogen and oxygen atoms in total. The van der Waals surface area contributed by atoms with E-state index in [0.717, 1.165) is 11.1 Å².